The number of hydrogen-bond acceptors (Lipinski definition) is 2. The van der Waals surface area contributed by atoms with Crippen molar-refractivity contribution in [2.45, 2.75) is 25.1 Å². The van der Waals surface area contributed by atoms with Crippen molar-refractivity contribution in [3.63, 3.8) is 0 Å². The lowest BCUT2D eigenvalue weighted by Crippen LogP contribution is -2.31. The van der Waals surface area contributed by atoms with Crippen molar-refractivity contribution >= 4 is 21.6 Å². The van der Waals surface area contributed by atoms with Gasteiger partial charge in [0.15, 0.2) is 0 Å². The first kappa shape index (κ1) is 10.3. The van der Waals surface area contributed by atoms with Gasteiger partial charge in [0.25, 0.3) is 0 Å². The standard InChI is InChI=1S/C7H14ClNO2S/c1-6(8)4-9-12(10,11)5-7-2-3-7/h6-7,9H,2-5H2,1H3. The largest absolute Gasteiger partial charge is 0.214 e. The summed E-state index contributed by atoms with van der Waals surface area (Å²) in [5, 5.41) is -0.140. The van der Waals surface area contributed by atoms with Gasteiger partial charge < -0.3 is 0 Å². The highest BCUT2D eigenvalue weighted by molar-refractivity contribution is 7.89. The smallest absolute Gasteiger partial charge is 0.211 e. The van der Waals surface area contributed by atoms with Crippen LogP contribution in [0.5, 0.6) is 0 Å². The van der Waals surface area contributed by atoms with Crippen molar-refractivity contribution in [1.29, 1.82) is 0 Å². The van der Waals surface area contributed by atoms with Gasteiger partial charge in [-0.1, -0.05) is 0 Å². The zero-order chi connectivity index (χ0) is 9.19. The van der Waals surface area contributed by atoms with Crippen LogP contribution in [0.4, 0.5) is 0 Å². The molecule has 0 saturated heterocycles. The van der Waals surface area contributed by atoms with Crippen LogP contribution in [0.25, 0.3) is 0 Å². The molecule has 0 aliphatic heterocycles. The summed E-state index contributed by atoms with van der Waals surface area (Å²) in [6.07, 6.45) is 2.11. The maximum absolute atomic E-state index is 11.2. The molecule has 0 spiro atoms. The molecule has 12 heavy (non-hydrogen) atoms. The monoisotopic (exact) mass is 211 g/mol. The van der Waals surface area contributed by atoms with Crippen molar-refractivity contribution in [2.24, 2.45) is 5.92 Å². The summed E-state index contributed by atoms with van der Waals surface area (Å²) in [6, 6.07) is 0. The second-order valence-electron chi connectivity index (χ2n) is 3.35. The molecular weight excluding hydrogens is 198 g/mol. The Kier molecular flexibility index (Phi) is 3.37. The Labute approximate surface area is 78.5 Å². The summed E-state index contributed by atoms with van der Waals surface area (Å²) in [6.45, 7) is 2.10. The van der Waals surface area contributed by atoms with E-state index in [2.05, 4.69) is 4.72 Å². The average Bonchev–Trinajstić information content (AvgIpc) is 2.67. The summed E-state index contributed by atoms with van der Waals surface area (Å²) in [5.74, 6) is 0.671. The second kappa shape index (κ2) is 3.94. The number of hydrogen-bond donors (Lipinski definition) is 1. The topological polar surface area (TPSA) is 46.2 Å². The molecule has 1 aliphatic carbocycles. The third-order valence-electron chi connectivity index (χ3n) is 1.74. The first-order valence-electron chi connectivity index (χ1n) is 4.11. The Morgan fingerprint density at radius 2 is 2.17 bits per heavy atom. The Morgan fingerprint density at radius 3 is 2.58 bits per heavy atom. The van der Waals surface area contributed by atoms with Gasteiger partial charge in [-0.3, -0.25) is 0 Å². The van der Waals surface area contributed by atoms with Crippen LogP contribution < -0.4 is 4.72 Å². The van der Waals surface area contributed by atoms with Gasteiger partial charge in [0.1, 0.15) is 0 Å². The molecule has 0 bridgehead atoms. The molecule has 1 fully saturated rings. The van der Waals surface area contributed by atoms with Crippen molar-refractivity contribution < 1.29 is 8.42 Å². The van der Waals surface area contributed by atoms with Crippen molar-refractivity contribution in [1.82, 2.24) is 4.72 Å². The normalized spacial score (nSPS) is 20.8. The zero-order valence-corrected chi connectivity index (χ0v) is 8.66. The molecule has 3 nitrogen and oxygen atoms in total. The molecule has 5 heteroatoms. The quantitative estimate of drug-likeness (QED) is 0.689. The van der Waals surface area contributed by atoms with Gasteiger partial charge in [0.2, 0.25) is 10.0 Å². The van der Waals surface area contributed by atoms with Crippen molar-refractivity contribution in [3.05, 3.63) is 0 Å². The molecule has 72 valence electrons. The lowest BCUT2D eigenvalue weighted by atomic mass is 10.5. The van der Waals surface area contributed by atoms with Crippen LogP contribution in [0.15, 0.2) is 0 Å². The van der Waals surface area contributed by atoms with Crippen LogP contribution in [0.1, 0.15) is 19.8 Å². The van der Waals surface area contributed by atoms with Gasteiger partial charge in [-0.25, -0.2) is 13.1 Å². The zero-order valence-electron chi connectivity index (χ0n) is 7.09. The van der Waals surface area contributed by atoms with E-state index in [1.807, 2.05) is 0 Å². The summed E-state index contributed by atoms with van der Waals surface area (Å²) in [7, 11) is -3.05. The van der Waals surface area contributed by atoms with Gasteiger partial charge in [0, 0.05) is 11.9 Å². The molecule has 1 unspecified atom stereocenters. The Morgan fingerprint density at radius 1 is 1.58 bits per heavy atom. The Hall–Kier alpha value is 0.200. The van der Waals surface area contributed by atoms with Crippen LogP contribution in [0, 0.1) is 5.92 Å². The molecule has 0 aromatic rings. The summed E-state index contributed by atoms with van der Waals surface area (Å²) >= 11 is 5.61. The molecule has 1 rings (SSSR count). The van der Waals surface area contributed by atoms with E-state index in [4.69, 9.17) is 11.6 Å². The van der Waals surface area contributed by atoms with Crippen LogP contribution in [0.2, 0.25) is 0 Å². The molecule has 0 radical (unpaired) electrons. The fraction of sp³-hybridized carbons (Fsp3) is 1.00. The van der Waals surface area contributed by atoms with Crippen LogP contribution in [-0.4, -0.2) is 26.1 Å². The van der Waals surface area contributed by atoms with Crippen LogP contribution >= 0.6 is 11.6 Å². The summed E-state index contributed by atoms with van der Waals surface area (Å²) in [4.78, 5) is 0. The van der Waals surface area contributed by atoms with Crippen molar-refractivity contribution in [2.75, 3.05) is 12.3 Å². The Bertz CT molecular complexity index is 234. The van der Waals surface area contributed by atoms with Gasteiger partial charge in [-0.2, -0.15) is 0 Å². The molecular formula is C7H14ClNO2S. The van der Waals surface area contributed by atoms with Crippen LogP contribution in [0.3, 0.4) is 0 Å². The minimum Gasteiger partial charge on any atom is -0.214 e. The Balaban J connectivity index is 2.27. The van der Waals surface area contributed by atoms with E-state index in [9.17, 15) is 8.42 Å². The van der Waals surface area contributed by atoms with Gasteiger partial charge in [0.05, 0.1) is 5.75 Å². The second-order valence-corrected chi connectivity index (χ2v) is 5.95. The van der Waals surface area contributed by atoms with Gasteiger partial charge in [-0.05, 0) is 25.7 Å². The van der Waals surface area contributed by atoms with E-state index >= 15 is 0 Å². The molecule has 1 saturated carbocycles. The molecule has 1 N–H and O–H groups in total. The highest BCUT2D eigenvalue weighted by Crippen LogP contribution is 2.29. The number of halogens is 1. The molecule has 0 aromatic carbocycles. The van der Waals surface area contributed by atoms with Gasteiger partial charge in [-0.15, -0.1) is 11.6 Å². The number of nitrogens with one attached hydrogen (secondary N) is 1. The van der Waals surface area contributed by atoms with Gasteiger partial charge >= 0.3 is 0 Å². The lowest BCUT2D eigenvalue weighted by Gasteiger charge is -2.06. The van der Waals surface area contributed by atoms with E-state index in [-0.39, 0.29) is 11.1 Å². The average molecular weight is 212 g/mol. The minimum absolute atomic E-state index is 0.140. The number of sulfonamides is 1. The lowest BCUT2D eigenvalue weighted by molar-refractivity contribution is 0.577. The van der Waals surface area contributed by atoms with Crippen molar-refractivity contribution in [3.8, 4) is 0 Å². The SMILES string of the molecule is CC(Cl)CNS(=O)(=O)CC1CC1. The highest BCUT2D eigenvalue weighted by atomic mass is 35.5. The minimum atomic E-state index is -3.05. The molecule has 1 atom stereocenters. The number of rotatable bonds is 5. The predicted octanol–water partition coefficient (Wildman–Crippen LogP) is 0.943. The fourth-order valence-electron chi connectivity index (χ4n) is 0.896. The molecule has 0 heterocycles. The first-order valence-corrected chi connectivity index (χ1v) is 6.20. The van der Waals surface area contributed by atoms with E-state index in [0.717, 1.165) is 12.8 Å². The van der Waals surface area contributed by atoms with E-state index in [0.29, 0.717) is 12.5 Å². The first-order chi connectivity index (χ1) is 5.49. The van der Waals surface area contributed by atoms with E-state index in [1.165, 1.54) is 0 Å². The molecule has 0 aromatic heterocycles. The van der Waals surface area contributed by atoms with E-state index < -0.39 is 10.0 Å². The van der Waals surface area contributed by atoms with E-state index in [1.54, 1.807) is 6.92 Å². The summed E-state index contributed by atoms with van der Waals surface area (Å²) < 4.78 is 24.9. The maximum atomic E-state index is 11.2. The predicted molar refractivity (Wildman–Crippen MR) is 49.8 cm³/mol. The maximum Gasteiger partial charge on any atom is 0.211 e. The summed E-state index contributed by atoms with van der Waals surface area (Å²) in [5.41, 5.74) is 0. The third-order valence-corrected chi connectivity index (χ3v) is 3.41. The molecule has 1 aliphatic rings. The fourth-order valence-corrected chi connectivity index (χ4v) is 2.64. The van der Waals surface area contributed by atoms with Crippen LogP contribution in [-0.2, 0) is 10.0 Å². The highest BCUT2D eigenvalue weighted by Gasteiger charge is 2.27. The molecule has 0 amide bonds. The third kappa shape index (κ3) is 4.28. The number of alkyl halides is 1.